The number of rotatable bonds is 5. The molecule has 4 heteroatoms. The monoisotopic (exact) mass is 269 g/mol. The van der Waals surface area contributed by atoms with Crippen molar-refractivity contribution in [3.05, 3.63) is 35.6 Å². The summed E-state index contributed by atoms with van der Waals surface area (Å²) < 4.78 is 13.0. The predicted molar refractivity (Wildman–Crippen MR) is 74.3 cm³/mol. The van der Waals surface area contributed by atoms with Crippen LogP contribution in [0.3, 0.4) is 0 Å². The Morgan fingerprint density at radius 3 is 3.00 bits per heavy atom. The number of aliphatic hydroxyl groups is 1. The summed E-state index contributed by atoms with van der Waals surface area (Å²) >= 11 is 1.92. The third-order valence-corrected chi connectivity index (χ3v) is 4.65. The summed E-state index contributed by atoms with van der Waals surface area (Å²) in [5, 5.41) is 14.1. The van der Waals surface area contributed by atoms with Crippen molar-refractivity contribution in [2.75, 3.05) is 12.8 Å². The van der Waals surface area contributed by atoms with E-state index in [1.165, 1.54) is 25.0 Å². The van der Waals surface area contributed by atoms with Gasteiger partial charge in [-0.3, -0.25) is 0 Å². The highest BCUT2D eigenvalue weighted by Gasteiger charge is 2.24. The predicted octanol–water partition coefficient (Wildman–Crippen LogP) is 2.73. The molecule has 1 aromatic rings. The Morgan fingerprint density at radius 2 is 2.33 bits per heavy atom. The lowest BCUT2D eigenvalue weighted by Crippen LogP contribution is -2.31. The van der Waals surface area contributed by atoms with Crippen LogP contribution in [0, 0.1) is 5.82 Å². The molecule has 0 aliphatic heterocycles. The summed E-state index contributed by atoms with van der Waals surface area (Å²) in [7, 11) is 0. The molecule has 100 valence electrons. The minimum absolute atomic E-state index is 0.296. The van der Waals surface area contributed by atoms with Gasteiger partial charge in [-0.25, -0.2) is 4.39 Å². The van der Waals surface area contributed by atoms with E-state index in [-0.39, 0.29) is 5.82 Å². The average Bonchev–Trinajstić information content (AvgIpc) is 2.84. The van der Waals surface area contributed by atoms with Crippen LogP contribution < -0.4 is 5.32 Å². The van der Waals surface area contributed by atoms with Crippen LogP contribution in [-0.4, -0.2) is 29.2 Å². The molecule has 1 aliphatic carbocycles. The standard InChI is InChI=1S/C14H20FNOS/c1-18-13-6-5-12(8-13)16-9-14(17)10-3-2-4-11(15)7-10/h2-4,7,12-14,16-17H,5-6,8-9H2,1H3. The van der Waals surface area contributed by atoms with Gasteiger partial charge in [0.25, 0.3) is 0 Å². The van der Waals surface area contributed by atoms with Crippen molar-refractivity contribution >= 4 is 11.8 Å². The van der Waals surface area contributed by atoms with Crippen molar-refractivity contribution in [3.8, 4) is 0 Å². The first-order valence-electron chi connectivity index (χ1n) is 6.38. The van der Waals surface area contributed by atoms with Gasteiger partial charge in [-0.1, -0.05) is 12.1 Å². The van der Waals surface area contributed by atoms with Crippen LogP contribution in [0.2, 0.25) is 0 Å². The first-order chi connectivity index (χ1) is 8.69. The van der Waals surface area contributed by atoms with E-state index in [2.05, 4.69) is 11.6 Å². The molecular weight excluding hydrogens is 249 g/mol. The molecule has 0 saturated heterocycles. The molecule has 18 heavy (non-hydrogen) atoms. The first kappa shape index (κ1) is 13.8. The van der Waals surface area contributed by atoms with Gasteiger partial charge < -0.3 is 10.4 Å². The molecule has 1 aromatic carbocycles. The Bertz CT molecular complexity index is 388. The van der Waals surface area contributed by atoms with Crippen molar-refractivity contribution in [2.45, 2.75) is 36.7 Å². The lowest BCUT2D eigenvalue weighted by atomic mass is 10.1. The third kappa shape index (κ3) is 3.70. The summed E-state index contributed by atoms with van der Waals surface area (Å²) in [6.07, 6.45) is 5.09. The Labute approximate surface area is 112 Å². The molecule has 0 bridgehead atoms. The van der Waals surface area contributed by atoms with Crippen LogP contribution in [-0.2, 0) is 0 Å². The first-order valence-corrected chi connectivity index (χ1v) is 7.67. The van der Waals surface area contributed by atoms with E-state index in [4.69, 9.17) is 0 Å². The van der Waals surface area contributed by atoms with Gasteiger partial charge in [0.1, 0.15) is 5.82 Å². The lowest BCUT2D eigenvalue weighted by Gasteiger charge is -2.17. The van der Waals surface area contributed by atoms with E-state index in [1.54, 1.807) is 12.1 Å². The van der Waals surface area contributed by atoms with Crippen molar-refractivity contribution in [1.29, 1.82) is 0 Å². The molecular formula is C14H20FNOS. The summed E-state index contributed by atoms with van der Waals surface area (Å²) in [5.74, 6) is -0.296. The zero-order valence-electron chi connectivity index (χ0n) is 10.6. The second kappa shape index (κ2) is 6.55. The van der Waals surface area contributed by atoms with Crippen LogP contribution in [0.25, 0.3) is 0 Å². The normalized spacial score (nSPS) is 25.3. The number of hydrogen-bond acceptors (Lipinski definition) is 3. The fourth-order valence-corrected chi connectivity index (χ4v) is 3.25. The van der Waals surface area contributed by atoms with Gasteiger partial charge >= 0.3 is 0 Å². The van der Waals surface area contributed by atoms with Crippen LogP contribution in [0.4, 0.5) is 4.39 Å². The van der Waals surface area contributed by atoms with Gasteiger partial charge in [0.2, 0.25) is 0 Å². The van der Waals surface area contributed by atoms with E-state index >= 15 is 0 Å². The molecule has 0 amide bonds. The fourth-order valence-electron chi connectivity index (χ4n) is 2.45. The second-order valence-electron chi connectivity index (χ2n) is 4.85. The highest BCUT2D eigenvalue weighted by molar-refractivity contribution is 7.99. The second-order valence-corrected chi connectivity index (χ2v) is 5.98. The van der Waals surface area contributed by atoms with E-state index in [9.17, 15) is 9.50 Å². The van der Waals surface area contributed by atoms with E-state index in [0.29, 0.717) is 18.2 Å². The maximum atomic E-state index is 13.0. The molecule has 1 aliphatic rings. The minimum Gasteiger partial charge on any atom is -0.387 e. The summed E-state index contributed by atoms with van der Waals surface area (Å²) in [6, 6.07) is 6.67. The van der Waals surface area contributed by atoms with Gasteiger partial charge in [-0.05, 0) is 43.2 Å². The lowest BCUT2D eigenvalue weighted by molar-refractivity contribution is 0.169. The van der Waals surface area contributed by atoms with E-state index in [1.807, 2.05) is 11.8 Å². The van der Waals surface area contributed by atoms with Crippen molar-refractivity contribution in [2.24, 2.45) is 0 Å². The van der Waals surface area contributed by atoms with Crippen molar-refractivity contribution < 1.29 is 9.50 Å². The third-order valence-electron chi connectivity index (χ3n) is 3.55. The van der Waals surface area contributed by atoms with Gasteiger partial charge in [0.15, 0.2) is 0 Å². The van der Waals surface area contributed by atoms with Crippen molar-refractivity contribution in [1.82, 2.24) is 5.32 Å². The molecule has 2 nitrogen and oxygen atoms in total. The topological polar surface area (TPSA) is 32.3 Å². The highest BCUT2D eigenvalue weighted by atomic mass is 32.2. The Morgan fingerprint density at radius 1 is 1.50 bits per heavy atom. The van der Waals surface area contributed by atoms with Gasteiger partial charge in [0.05, 0.1) is 6.10 Å². The Kier molecular flexibility index (Phi) is 5.03. The van der Waals surface area contributed by atoms with Crippen LogP contribution >= 0.6 is 11.8 Å². The SMILES string of the molecule is CSC1CCC(NCC(O)c2cccc(F)c2)C1. The van der Waals surface area contributed by atoms with Crippen LogP contribution in [0.15, 0.2) is 24.3 Å². The maximum absolute atomic E-state index is 13.0. The Hall–Kier alpha value is -0.580. The van der Waals surface area contributed by atoms with E-state index < -0.39 is 6.10 Å². The fraction of sp³-hybridized carbons (Fsp3) is 0.571. The number of thioether (sulfide) groups is 1. The molecule has 0 aromatic heterocycles. The van der Waals surface area contributed by atoms with Crippen molar-refractivity contribution in [3.63, 3.8) is 0 Å². The molecule has 0 heterocycles. The largest absolute Gasteiger partial charge is 0.387 e. The summed E-state index contributed by atoms with van der Waals surface area (Å²) in [5.41, 5.74) is 0.641. The Balaban J connectivity index is 1.80. The van der Waals surface area contributed by atoms with E-state index in [0.717, 1.165) is 11.7 Å². The molecule has 0 spiro atoms. The molecule has 3 atom stereocenters. The number of halogens is 1. The quantitative estimate of drug-likeness (QED) is 0.862. The number of nitrogens with one attached hydrogen (secondary N) is 1. The summed E-state index contributed by atoms with van der Waals surface area (Å²) in [4.78, 5) is 0. The van der Waals surface area contributed by atoms with Crippen LogP contribution in [0.5, 0.6) is 0 Å². The van der Waals surface area contributed by atoms with Gasteiger partial charge in [0, 0.05) is 17.8 Å². The zero-order valence-corrected chi connectivity index (χ0v) is 11.4. The maximum Gasteiger partial charge on any atom is 0.123 e. The van der Waals surface area contributed by atoms with Gasteiger partial charge in [-0.15, -0.1) is 0 Å². The van der Waals surface area contributed by atoms with Gasteiger partial charge in [-0.2, -0.15) is 11.8 Å². The highest BCUT2D eigenvalue weighted by Crippen LogP contribution is 2.28. The zero-order chi connectivity index (χ0) is 13.0. The smallest absolute Gasteiger partial charge is 0.123 e. The molecule has 2 N–H and O–H groups in total. The molecule has 2 rings (SSSR count). The van der Waals surface area contributed by atoms with Crippen LogP contribution in [0.1, 0.15) is 30.9 Å². The number of benzene rings is 1. The molecule has 1 saturated carbocycles. The average molecular weight is 269 g/mol. The summed E-state index contributed by atoms with van der Waals surface area (Å²) in [6.45, 7) is 0.495. The minimum atomic E-state index is -0.631. The molecule has 1 fully saturated rings. The molecule has 0 radical (unpaired) electrons. The number of aliphatic hydroxyl groups excluding tert-OH is 1. The number of hydrogen-bond donors (Lipinski definition) is 2. The molecule has 3 unspecified atom stereocenters.